The molecule has 1 aromatic heterocycles. The molecule has 0 amide bonds. The number of aromatic nitrogens is 2. The van der Waals surface area contributed by atoms with E-state index in [-0.39, 0.29) is 0 Å². The topological polar surface area (TPSA) is 43.8 Å². The van der Waals surface area contributed by atoms with Crippen LogP contribution in [0.4, 0.5) is 5.82 Å². The molecule has 1 heterocycles. The van der Waals surface area contributed by atoms with Crippen LogP contribution in [0.5, 0.6) is 0 Å². The summed E-state index contributed by atoms with van der Waals surface area (Å²) >= 11 is 0. The largest absolute Gasteiger partial charge is 0.384 e. The molecule has 1 aromatic rings. The fourth-order valence-corrected chi connectivity index (χ4v) is 1.79. The summed E-state index contributed by atoms with van der Waals surface area (Å²) in [5.41, 5.74) is 6.82. The minimum absolute atomic E-state index is 0.793. The average Bonchev–Trinajstić information content (AvgIpc) is 2.51. The van der Waals surface area contributed by atoms with E-state index >= 15 is 0 Å². The zero-order valence-electron chi connectivity index (χ0n) is 10.00. The van der Waals surface area contributed by atoms with Crippen molar-refractivity contribution in [2.24, 2.45) is 0 Å². The van der Waals surface area contributed by atoms with Gasteiger partial charge in [-0.05, 0) is 13.3 Å². The fourth-order valence-electron chi connectivity index (χ4n) is 1.79. The Kier molecular flexibility index (Phi) is 5.22. The van der Waals surface area contributed by atoms with Gasteiger partial charge in [0.1, 0.15) is 5.82 Å². The highest BCUT2D eigenvalue weighted by Gasteiger charge is 2.00. The first-order valence-corrected chi connectivity index (χ1v) is 6.04. The highest BCUT2D eigenvalue weighted by Crippen LogP contribution is 2.09. The van der Waals surface area contributed by atoms with Crippen LogP contribution >= 0.6 is 0 Å². The van der Waals surface area contributed by atoms with Crippen molar-refractivity contribution in [2.75, 3.05) is 5.73 Å². The van der Waals surface area contributed by atoms with E-state index in [0.717, 1.165) is 18.1 Å². The molecule has 0 saturated carbocycles. The van der Waals surface area contributed by atoms with Crippen LogP contribution < -0.4 is 5.73 Å². The first-order valence-electron chi connectivity index (χ1n) is 6.04. The monoisotopic (exact) mass is 209 g/mol. The zero-order chi connectivity index (χ0) is 11.1. The van der Waals surface area contributed by atoms with Gasteiger partial charge < -0.3 is 5.73 Å². The smallest absolute Gasteiger partial charge is 0.121 e. The third kappa shape index (κ3) is 4.36. The Bertz CT molecular complexity index is 278. The van der Waals surface area contributed by atoms with Crippen LogP contribution in [-0.4, -0.2) is 9.78 Å². The van der Waals surface area contributed by atoms with Crippen LogP contribution in [-0.2, 0) is 6.54 Å². The second-order valence-electron chi connectivity index (χ2n) is 4.20. The maximum atomic E-state index is 5.80. The van der Waals surface area contributed by atoms with Gasteiger partial charge in [-0.3, -0.25) is 0 Å². The van der Waals surface area contributed by atoms with Gasteiger partial charge in [-0.25, -0.2) is 4.68 Å². The molecule has 0 radical (unpaired) electrons. The van der Waals surface area contributed by atoms with E-state index < -0.39 is 0 Å². The molecule has 0 fully saturated rings. The number of nitrogens with two attached hydrogens (primary N) is 1. The fraction of sp³-hybridized carbons (Fsp3) is 0.750. The van der Waals surface area contributed by atoms with Crippen molar-refractivity contribution in [3.05, 3.63) is 11.8 Å². The van der Waals surface area contributed by atoms with Crippen molar-refractivity contribution in [2.45, 2.75) is 58.9 Å². The van der Waals surface area contributed by atoms with E-state index in [1.165, 1.54) is 38.5 Å². The lowest BCUT2D eigenvalue weighted by molar-refractivity contribution is 0.530. The molecule has 2 N–H and O–H groups in total. The number of anilines is 1. The Balaban J connectivity index is 2.12. The number of aryl methyl sites for hydroxylation is 2. The Morgan fingerprint density at radius 3 is 2.47 bits per heavy atom. The molecule has 0 spiro atoms. The van der Waals surface area contributed by atoms with Crippen molar-refractivity contribution in [1.29, 1.82) is 0 Å². The molecule has 3 heteroatoms. The lowest BCUT2D eigenvalue weighted by Gasteiger charge is -2.03. The summed E-state index contributed by atoms with van der Waals surface area (Å²) in [4.78, 5) is 0. The summed E-state index contributed by atoms with van der Waals surface area (Å²) in [6, 6.07) is 1.93. The van der Waals surface area contributed by atoms with Gasteiger partial charge in [0.15, 0.2) is 0 Å². The summed E-state index contributed by atoms with van der Waals surface area (Å²) in [6.07, 6.45) is 7.86. The summed E-state index contributed by atoms with van der Waals surface area (Å²) in [5.74, 6) is 0.793. The van der Waals surface area contributed by atoms with Crippen LogP contribution in [0, 0.1) is 6.92 Å². The second-order valence-corrected chi connectivity index (χ2v) is 4.20. The molecular weight excluding hydrogens is 186 g/mol. The van der Waals surface area contributed by atoms with Gasteiger partial charge in [0.25, 0.3) is 0 Å². The summed E-state index contributed by atoms with van der Waals surface area (Å²) in [5, 5.41) is 4.34. The molecule has 0 saturated heterocycles. The number of rotatable bonds is 7. The second kappa shape index (κ2) is 6.49. The van der Waals surface area contributed by atoms with Gasteiger partial charge in [-0.2, -0.15) is 5.10 Å². The van der Waals surface area contributed by atoms with Crippen LogP contribution in [0.3, 0.4) is 0 Å². The lowest BCUT2D eigenvalue weighted by Crippen LogP contribution is -2.04. The molecule has 0 aliphatic heterocycles. The molecule has 0 atom stereocenters. The minimum atomic E-state index is 0.793. The maximum absolute atomic E-state index is 5.80. The molecule has 3 nitrogen and oxygen atoms in total. The van der Waals surface area contributed by atoms with Gasteiger partial charge in [0.05, 0.1) is 5.69 Å². The van der Waals surface area contributed by atoms with E-state index in [2.05, 4.69) is 12.0 Å². The standard InChI is InChI=1S/C12H23N3/c1-3-4-5-6-7-8-9-15-12(13)10-11(2)14-15/h10H,3-9,13H2,1-2H3. The first-order chi connectivity index (χ1) is 7.24. The van der Waals surface area contributed by atoms with Gasteiger partial charge in [-0.15, -0.1) is 0 Å². The van der Waals surface area contributed by atoms with E-state index in [0.29, 0.717) is 0 Å². The summed E-state index contributed by atoms with van der Waals surface area (Å²) in [6.45, 7) is 5.19. The third-order valence-electron chi connectivity index (χ3n) is 2.66. The Labute approximate surface area is 92.7 Å². The number of unbranched alkanes of at least 4 members (excludes halogenated alkanes) is 5. The van der Waals surface area contributed by atoms with Crippen molar-refractivity contribution in [3.8, 4) is 0 Å². The SMILES string of the molecule is CCCCCCCCn1nc(C)cc1N. The van der Waals surface area contributed by atoms with Crippen LogP contribution in [0.2, 0.25) is 0 Å². The number of nitrogen functional groups attached to an aromatic ring is 1. The zero-order valence-corrected chi connectivity index (χ0v) is 10.00. The molecule has 86 valence electrons. The number of hydrogen-bond acceptors (Lipinski definition) is 2. The van der Waals surface area contributed by atoms with Gasteiger partial charge in [0.2, 0.25) is 0 Å². The van der Waals surface area contributed by atoms with Crippen molar-refractivity contribution in [1.82, 2.24) is 9.78 Å². The Morgan fingerprint density at radius 1 is 1.20 bits per heavy atom. The van der Waals surface area contributed by atoms with Gasteiger partial charge >= 0.3 is 0 Å². The van der Waals surface area contributed by atoms with E-state index in [4.69, 9.17) is 5.73 Å². The molecule has 1 rings (SSSR count). The molecule has 0 bridgehead atoms. The average molecular weight is 209 g/mol. The van der Waals surface area contributed by atoms with Crippen molar-refractivity contribution < 1.29 is 0 Å². The molecule has 15 heavy (non-hydrogen) atoms. The molecule has 0 unspecified atom stereocenters. The van der Waals surface area contributed by atoms with E-state index in [1.807, 2.05) is 17.7 Å². The highest BCUT2D eigenvalue weighted by molar-refractivity contribution is 5.29. The maximum Gasteiger partial charge on any atom is 0.121 e. The predicted octanol–water partition coefficient (Wildman–Crippen LogP) is 3.13. The molecule has 0 aliphatic carbocycles. The summed E-state index contributed by atoms with van der Waals surface area (Å²) in [7, 11) is 0. The summed E-state index contributed by atoms with van der Waals surface area (Å²) < 4.78 is 1.91. The quantitative estimate of drug-likeness (QED) is 0.701. The normalized spacial score (nSPS) is 10.8. The van der Waals surface area contributed by atoms with Crippen LogP contribution in [0.15, 0.2) is 6.07 Å². The lowest BCUT2D eigenvalue weighted by atomic mass is 10.1. The van der Waals surface area contributed by atoms with E-state index in [1.54, 1.807) is 0 Å². The molecule has 0 aromatic carbocycles. The Hall–Kier alpha value is -0.990. The minimum Gasteiger partial charge on any atom is -0.384 e. The van der Waals surface area contributed by atoms with Crippen molar-refractivity contribution in [3.63, 3.8) is 0 Å². The molecular formula is C12H23N3. The Morgan fingerprint density at radius 2 is 1.87 bits per heavy atom. The van der Waals surface area contributed by atoms with Crippen LogP contribution in [0.25, 0.3) is 0 Å². The van der Waals surface area contributed by atoms with Gasteiger partial charge in [-0.1, -0.05) is 39.0 Å². The van der Waals surface area contributed by atoms with Crippen LogP contribution in [0.1, 0.15) is 51.1 Å². The first kappa shape index (κ1) is 12.1. The van der Waals surface area contributed by atoms with E-state index in [9.17, 15) is 0 Å². The predicted molar refractivity (Wildman–Crippen MR) is 64.8 cm³/mol. The number of hydrogen-bond donors (Lipinski definition) is 1. The molecule has 0 aliphatic rings. The van der Waals surface area contributed by atoms with Gasteiger partial charge in [0, 0.05) is 12.6 Å². The van der Waals surface area contributed by atoms with Crippen molar-refractivity contribution >= 4 is 5.82 Å². The highest BCUT2D eigenvalue weighted by atomic mass is 15.3. The third-order valence-corrected chi connectivity index (χ3v) is 2.66. The number of nitrogens with zero attached hydrogens (tertiary/aromatic N) is 2.